The zero-order chi connectivity index (χ0) is 15.4. The molecule has 1 aromatic heterocycles. The number of aromatic nitrogens is 1. The van der Waals surface area contributed by atoms with Gasteiger partial charge >= 0.3 is 0 Å². The van der Waals surface area contributed by atoms with Crippen molar-refractivity contribution in [3.8, 4) is 0 Å². The van der Waals surface area contributed by atoms with Crippen molar-refractivity contribution in [3.05, 3.63) is 23.4 Å². The van der Waals surface area contributed by atoms with Gasteiger partial charge in [-0.3, -0.25) is 4.79 Å². The van der Waals surface area contributed by atoms with Crippen LogP contribution in [0.25, 0.3) is 0 Å². The molecular weight excluding hydrogens is 282 g/mol. The summed E-state index contributed by atoms with van der Waals surface area (Å²) >= 11 is 1.94. The van der Waals surface area contributed by atoms with Crippen molar-refractivity contribution in [2.45, 2.75) is 38.9 Å². The molecule has 116 valence electrons. The van der Waals surface area contributed by atoms with Crippen LogP contribution in [0.15, 0.2) is 12.1 Å². The zero-order valence-electron chi connectivity index (χ0n) is 13.3. The molecule has 1 N–H and O–H groups in total. The summed E-state index contributed by atoms with van der Waals surface area (Å²) < 4.78 is 0. The SMILES string of the molecule is CCNc1cc(C(=O)N2CCSC(C)C2)cc(C(C)C)n1. The minimum absolute atomic E-state index is 0.130. The van der Waals surface area contributed by atoms with Gasteiger partial charge < -0.3 is 10.2 Å². The first-order chi connectivity index (χ1) is 10.0. The van der Waals surface area contributed by atoms with E-state index >= 15 is 0 Å². The van der Waals surface area contributed by atoms with Crippen LogP contribution in [0.3, 0.4) is 0 Å². The quantitative estimate of drug-likeness (QED) is 0.928. The number of carbonyl (C=O) groups is 1. The molecule has 1 aromatic rings. The van der Waals surface area contributed by atoms with Gasteiger partial charge in [-0.15, -0.1) is 0 Å². The maximum Gasteiger partial charge on any atom is 0.254 e. The van der Waals surface area contributed by atoms with E-state index in [2.05, 4.69) is 31.1 Å². The highest BCUT2D eigenvalue weighted by atomic mass is 32.2. The number of nitrogens with zero attached hydrogens (tertiary/aromatic N) is 2. The van der Waals surface area contributed by atoms with Crippen LogP contribution in [0.1, 0.15) is 49.7 Å². The second kappa shape index (κ2) is 7.16. The molecule has 2 heterocycles. The van der Waals surface area contributed by atoms with Crippen molar-refractivity contribution in [3.63, 3.8) is 0 Å². The predicted octanol–water partition coefficient (Wildman–Crippen LogP) is 3.21. The van der Waals surface area contributed by atoms with Crippen molar-refractivity contribution < 1.29 is 4.79 Å². The van der Waals surface area contributed by atoms with Gasteiger partial charge in [-0.25, -0.2) is 4.98 Å². The van der Waals surface area contributed by atoms with Gasteiger partial charge in [0.15, 0.2) is 0 Å². The Morgan fingerprint density at radius 3 is 2.90 bits per heavy atom. The Bertz CT molecular complexity index is 504. The summed E-state index contributed by atoms with van der Waals surface area (Å²) in [5.41, 5.74) is 1.72. The van der Waals surface area contributed by atoms with E-state index in [9.17, 15) is 4.79 Å². The molecule has 1 amide bonds. The third kappa shape index (κ3) is 4.13. The molecule has 1 aliphatic heterocycles. The Balaban J connectivity index is 2.26. The topological polar surface area (TPSA) is 45.2 Å². The number of pyridine rings is 1. The van der Waals surface area contributed by atoms with Gasteiger partial charge in [-0.2, -0.15) is 11.8 Å². The lowest BCUT2D eigenvalue weighted by molar-refractivity contribution is 0.0763. The molecule has 1 saturated heterocycles. The Labute approximate surface area is 131 Å². The Morgan fingerprint density at radius 2 is 2.29 bits per heavy atom. The molecule has 21 heavy (non-hydrogen) atoms. The fourth-order valence-electron chi connectivity index (χ4n) is 2.43. The molecule has 2 rings (SSSR count). The standard InChI is InChI=1S/C16H25N3OS/c1-5-17-15-9-13(8-14(18-15)11(2)3)16(20)19-6-7-21-12(4)10-19/h8-9,11-12H,5-7,10H2,1-4H3,(H,17,18). The summed E-state index contributed by atoms with van der Waals surface area (Å²) in [6.45, 7) is 10.9. The van der Waals surface area contributed by atoms with Crippen molar-refractivity contribution in [2.75, 3.05) is 30.7 Å². The second-order valence-corrected chi connectivity index (χ2v) is 7.33. The smallest absolute Gasteiger partial charge is 0.254 e. The minimum Gasteiger partial charge on any atom is -0.370 e. The van der Waals surface area contributed by atoms with E-state index in [0.717, 1.165) is 42.5 Å². The summed E-state index contributed by atoms with van der Waals surface area (Å²) in [5, 5.41) is 3.74. The van der Waals surface area contributed by atoms with Gasteiger partial charge in [0.25, 0.3) is 5.91 Å². The molecule has 0 aliphatic carbocycles. The van der Waals surface area contributed by atoms with Gasteiger partial charge in [0.05, 0.1) is 0 Å². The van der Waals surface area contributed by atoms with E-state index < -0.39 is 0 Å². The van der Waals surface area contributed by atoms with E-state index in [1.54, 1.807) is 0 Å². The second-order valence-electron chi connectivity index (χ2n) is 5.78. The van der Waals surface area contributed by atoms with E-state index in [0.29, 0.717) is 11.2 Å². The van der Waals surface area contributed by atoms with Crippen LogP contribution in [0.5, 0.6) is 0 Å². The summed E-state index contributed by atoms with van der Waals surface area (Å²) in [4.78, 5) is 19.3. The number of hydrogen-bond donors (Lipinski definition) is 1. The molecule has 1 unspecified atom stereocenters. The number of thioether (sulfide) groups is 1. The third-order valence-electron chi connectivity index (χ3n) is 3.57. The monoisotopic (exact) mass is 307 g/mol. The summed E-state index contributed by atoms with van der Waals surface area (Å²) in [7, 11) is 0. The molecule has 0 aromatic carbocycles. The molecular formula is C16H25N3OS. The van der Waals surface area contributed by atoms with Crippen LogP contribution in [-0.4, -0.2) is 46.4 Å². The van der Waals surface area contributed by atoms with Crippen LogP contribution in [0, 0.1) is 0 Å². The normalized spacial score (nSPS) is 18.9. The maximum atomic E-state index is 12.7. The van der Waals surface area contributed by atoms with Crippen molar-refractivity contribution in [1.82, 2.24) is 9.88 Å². The summed E-state index contributed by atoms with van der Waals surface area (Å²) in [6, 6.07) is 3.82. The molecule has 0 spiro atoms. The first kappa shape index (κ1) is 16.1. The lowest BCUT2D eigenvalue weighted by atomic mass is 10.1. The number of anilines is 1. The highest BCUT2D eigenvalue weighted by Crippen LogP contribution is 2.22. The Morgan fingerprint density at radius 1 is 1.52 bits per heavy atom. The van der Waals surface area contributed by atoms with E-state index in [1.165, 1.54) is 0 Å². The Kier molecular flexibility index (Phi) is 5.51. The van der Waals surface area contributed by atoms with Gasteiger partial charge in [0.1, 0.15) is 5.82 Å². The first-order valence-corrected chi connectivity index (χ1v) is 8.72. The van der Waals surface area contributed by atoms with Crippen molar-refractivity contribution in [2.24, 2.45) is 0 Å². The average molecular weight is 307 g/mol. The third-order valence-corrected chi connectivity index (χ3v) is 4.71. The zero-order valence-corrected chi connectivity index (χ0v) is 14.2. The average Bonchev–Trinajstić information content (AvgIpc) is 2.46. The van der Waals surface area contributed by atoms with Crippen LogP contribution < -0.4 is 5.32 Å². The molecule has 1 aliphatic rings. The molecule has 1 atom stereocenters. The highest BCUT2D eigenvalue weighted by molar-refractivity contribution is 7.99. The van der Waals surface area contributed by atoms with E-state index in [4.69, 9.17) is 0 Å². The number of amides is 1. The number of hydrogen-bond acceptors (Lipinski definition) is 4. The first-order valence-electron chi connectivity index (χ1n) is 7.68. The van der Waals surface area contributed by atoms with Gasteiger partial charge in [-0.1, -0.05) is 20.8 Å². The number of rotatable bonds is 4. The lowest BCUT2D eigenvalue weighted by Gasteiger charge is -2.30. The highest BCUT2D eigenvalue weighted by Gasteiger charge is 2.23. The molecule has 0 radical (unpaired) electrons. The fraction of sp³-hybridized carbons (Fsp3) is 0.625. The molecule has 4 nitrogen and oxygen atoms in total. The fourth-order valence-corrected chi connectivity index (χ4v) is 3.44. The van der Waals surface area contributed by atoms with E-state index in [1.807, 2.05) is 35.7 Å². The van der Waals surface area contributed by atoms with Gasteiger partial charge in [-0.05, 0) is 25.0 Å². The molecule has 0 bridgehead atoms. The van der Waals surface area contributed by atoms with Gasteiger partial charge in [0.2, 0.25) is 0 Å². The lowest BCUT2D eigenvalue weighted by Crippen LogP contribution is -2.41. The van der Waals surface area contributed by atoms with Crippen LogP contribution in [0.4, 0.5) is 5.82 Å². The minimum atomic E-state index is 0.130. The van der Waals surface area contributed by atoms with Crippen molar-refractivity contribution >= 4 is 23.5 Å². The molecule has 0 saturated carbocycles. The van der Waals surface area contributed by atoms with E-state index in [-0.39, 0.29) is 5.91 Å². The van der Waals surface area contributed by atoms with Crippen LogP contribution >= 0.6 is 11.8 Å². The predicted molar refractivity (Wildman–Crippen MR) is 90.3 cm³/mol. The van der Waals surface area contributed by atoms with Crippen LogP contribution in [-0.2, 0) is 0 Å². The largest absolute Gasteiger partial charge is 0.370 e. The Hall–Kier alpha value is -1.23. The van der Waals surface area contributed by atoms with Crippen molar-refractivity contribution in [1.29, 1.82) is 0 Å². The maximum absolute atomic E-state index is 12.7. The summed E-state index contributed by atoms with van der Waals surface area (Å²) in [5.74, 6) is 2.26. The van der Waals surface area contributed by atoms with Crippen LogP contribution in [0.2, 0.25) is 0 Å². The number of carbonyl (C=O) groups excluding carboxylic acids is 1. The number of nitrogens with one attached hydrogen (secondary N) is 1. The molecule has 5 heteroatoms. The summed E-state index contributed by atoms with van der Waals surface area (Å²) in [6.07, 6.45) is 0. The molecule has 1 fully saturated rings. The van der Waals surface area contributed by atoms with Gasteiger partial charge in [0, 0.05) is 41.9 Å².